The van der Waals surface area contributed by atoms with Crippen molar-refractivity contribution in [3.8, 4) is 0 Å². The molecular formula is C13H18N4O2. The number of hydrogen-bond donors (Lipinski definition) is 1. The standard InChI is InChI=1S/C13H18N4O2/c1-19-13(18)10-6-15-12(7-14-10)16-11-8-17-4-2-9(11)3-5-17/h6-7,9,11H,2-5,8H2,1H3,(H,15,16). The van der Waals surface area contributed by atoms with Gasteiger partial charge in [-0.3, -0.25) is 0 Å². The molecule has 0 aromatic carbocycles. The van der Waals surface area contributed by atoms with Gasteiger partial charge in [0.15, 0.2) is 5.69 Å². The third kappa shape index (κ3) is 2.53. The van der Waals surface area contributed by atoms with Gasteiger partial charge < -0.3 is 15.0 Å². The Morgan fingerprint density at radius 3 is 2.68 bits per heavy atom. The monoisotopic (exact) mass is 262 g/mol. The predicted molar refractivity (Wildman–Crippen MR) is 69.9 cm³/mol. The zero-order valence-electron chi connectivity index (χ0n) is 11.0. The predicted octanol–water partition coefficient (Wildman–Crippen LogP) is 0.769. The van der Waals surface area contributed by atoms with Gasteiger partial charge in [-0.25, -0.2) is 14.8 Å². The summed E-state index contributed by atoms with van der Waals surface area (Å²) in [6.07, 6.45) is 5.57. The van der Waals surface area contributed by atoms with E-state index in [1.165, 1.54) is 39.2 Å². The SMILES string of the molecule is COC(=O)c1cnc(NC2CN3CCC2CC3)cn1. The van der Waals surface area contributed by atoms with Crippen molar-refractivity contribution >= 4 is 11.8 Å². The fourth-order valence-electron chi connectivity index (χ4n) is 2.93. The highest BCUT2D eigenvalue weighted by Gasteiger charge is 2.34. The molecule has 102 valence electrons. The molecule has 19 heavy (non-hydrogen) atoms. The van der Waals surface area contributed by atoms with E-state index >= 15 is 0 Å². The lowest BCUT2D eigenvalue weighted by Crippen LogP contribution is -2.53. The van der Waals surface area contributed by atoms with Gasteiger partial charge in [-0.15, -0.1) is 0 Å². The molecule has 0 aliphatic carbocycles. The second-order valence-electron chi connectivity index (χ2n) is 5.17. The smallest absolute Gasteiger partial charge is 0.358 e. The number of ether oxygens (including phenoxy) is 1. The molecule has 3 aliphatic rings. The summed E-state index contributed by atoms with van der Waals surface area (Å²) in [5.74, 6) is 1.00. The summed E-state index contributed by atoms with van der Waals surface area (Å²) >= 11 is 0. The molecule has 1 aromatic rings. The summed E-state index contributed by atoms with van der Waals surface area (Å²) < 4.78 is 4.60. The molecule has 1 aromatic heterocycles. The third-order valence-corrected chi connectivity index (χ3v) is 4.04. The highest BCUT2D eigenvalue weighted by molar-refractivity contribution is 5.86. The molecule has 0 amide bonds. The van der Waals surface area contributed by atoms with Crippen molar-refractivity contribution < 1.29 is 9.53 Å². The number of rotatable bonds is 3. The number of carbonyl (C=O) groups is 1. The number of methoxy groups -OCH3 is 1. The van der Waals surface area contributed by atoms with Crippen LogP contribution in [-0.4, -0.2) is 53.6 Å². The summed E-state index contributed by atoms with van der Waals surface area (Å²) in [6, 6.07) is 0.445. The van der Waals surface area contributed by atoms with Gasteiger partial charge in [0.2, 0.25) is 0 Å². The highest BCUT2D eigenvalue weighted by Crippen LogP contribution is 2.29. The van der Waals surface area contributed by atoms with E-state index in [4.69, 9.17) is 0 Å². The van der Waals surface area contributed by atoms with Gasteiger partial charge in [0, 0.05) is 12.6 Å². The fourth-order valence-corrected chi connectivity index (χ4v) is 2.93. The first kappa shape index (κ1) is 12.3. The molecule has 1 atom stereocenters. The van der Waals surface area contributed by atoms with Crippen LogP contribution >= 0.6 is 0 Å². The van der Waals surface area contributed by atoms with Crippen LogP contribution in [0.3, 0.4) is 0 Å². The average Bonchev–Trinajstić information content (AvgIpc) is 2.48. The largest absolute Gasteiger partial charge is 0.464 e. The minimum absolute atomic E-state index is 0.238. The van der Waals surface area contributed by atoms with E-state index in [0.717, 1.165) is 18.3 Å². The number of aromatic nitrogens is 2. The van der Waals surface area contributed by atoms with E-state index in [1.807, 2.05) is 0 Å². The Bertz CT molecular complexity index is 454. The van der Waals surface area contributed by atoms with Crippen molar-refractivity contribution in [1.82, 2.24) is 14.9 Å². The zero-order valence-corrected chi connectivity index (χ0v) is 11.0. The molecule has 0 radical (unpaired) electrons. The number of nitrogens with zero attached hydrogens (tertiary/aromatic N) is 3. The summed E-state index contributed by atoms with van der Waals surface area (Å²) in [5, 5.41) is 3.43. The maximum absolute atomic E-state index is 11.3. The number of nitrogens with one attached hydrogen (secondary N) is 1. The zero-order chi connectivity index (χ0) is 13.2. The van der Waals surface area contributed by atoms with E-state index in [9.17, 15) is 4.79 Å². The van der Waals surface area contributed by atoms with Gasteiger partial charge in [-0.1, -0.05) is 0 Å². The summed E-state index contributed by atoms with van der Waals surface area (Å²) in [7, 11) is 1.34. The van der Waals surface area contributed by atoms with Gasteiger partial charge >= 0.3 is 5.97 Å². The maximum Gasteiger partial charge on any atom is 0.358 e. The normalized spacial score (nSPS) is 29.0. The van der Waals surface area contributed by atoms with Gasteiger partial charge in [-0.05, 0) is 31.8 Å². The van der Waals surface area contributed by atoms with E-state index in [0.29, 0.717) is 6.04 Å². The Hall–Kier alpha value is -1.69. The van der Waals surface area contributed by atoms with Crippen LogP contribution in [0, 0.1) is 5.92 Å². The molecule has 2 bridgehead atoms. The lowest BCUT2D eigenvalue weighted by atomic mass is 9.84. The summed E-state index contributed by atoms with van der Waals surface area (Å²) in [4.78, 5) is 22.0. The lowest BCUT2D eigenvalue weighted by molar-refractivity contribution is 0.0593. The molecule has 1 N–H and O–H groups in total. The minimum atomic E-state index is -0.457. The van der Waals surface area contributed by atoms with Crippen LogP contribution in [0.15, 0.2) is 12.4 Å². The van der Waals surface area contributed by atoms with Crippen LogP contribution in [0.5, 0.6) is 0 Å². The van der Waals surface area contributed by atoms with E-state index in [2.05, 4.69) is 24.9 Å². The quantitative estimate of drug-likeness (QED) is 0.812. The Labute approximate surface area is 112 Å². The fraction of sp³-hybridized carbons (Fsp3) is 0.615. The van der Waals surface area contributed by atoms with Crippen LogP contribution < -0.4 is 5.32 Å². The maximum atomic E-state index is 11.3. The molecule has 3 aliphatic heterocycles. The lowest BCUT2D eigenvalue weighted by Gasteiger charge is -2.45. The van der Waals surface area contributed by atoms with E-state index < -0.39 is 5.97 Å². The average molecular weight is 262 g/mol. The molecule has 4 rings (SSSR count). The van der Waals surface area contributed by atoms with Crippen LogP contribution in [0.25, 0.3) is 0 Å². The Balaban J connectivity index is 1.65. The molecule has 0 saturated carbocycles. The molecular weight excluding hydrogens is 244 g/mol. The van der Waals surface area contributed by atoms with Crippen molar-refractivity contribution in [3.63, 3.8) is 0 Å². The van der Waals surface area contributed by atoms with Gasteiger partial charge in [0.1, 0.15) is 5.82 Å². The molecule has 3 saturated heterocycles. The first-order valence-electron chi connectivity index (χ1n) is 6.65. The first-order valence-corrected chi connectivity index (χ1v) is 6.65. The van der Waals surface area contributed by atoms with Crippen molar-refractivity contribution in [2.75, 3.05) is 32.1 Å². The van der Waals surface area contributed by atoms with E-state index in [1.54, 1.807) is 6.20 Å². The number of esters is 1. The van der Waals surface area contributed by atoms with Crippen LogP contribution in [-0.2, 0) is 4.74 Å². The van der Waals surface area contributed by atoms with Gasteiger partial charge in [-0.2, -0.15) is 0 Å². The second-order valence-corrected chi connectivity index (χ2v) is 5.17. The van der Waals surface area contributed by atoms with Crippen molar-refractivity contribution in [3.05, 3.63) is 18.1 Å². The van der Waals surface area contributed by atoms with Crippen LogP contribution in [0.1, 0.15) is 23.3 Å². The van der Waals surface area contributed by atoms with E-state index in [-0.39, 0.29) is 5.69 Å². The second kappa shape index (κ2) is 5.13. The van der Waals surface area contributed by atoms with Crippen molar-refractivity contribution in [2.24, 2.45) is 5.92 Å². The summed E-state index contributed by atoms with van der Waals surface area (Å²) in [5.41, 5.74) is 0.238. The Morgan fingerprint density at radius 1 is 1.37 bits per heavy atom. The highest BCUT2D eigenvalue weighted by atomic mass is 16.5. The van der Waals surface area contributed by atoms with Gasteiger partial charge in [0.05, 0.1) is 19.5 Å². The number of fused-ring (bicyclic) bond motifs is 3. The third-order valence-electron chi connectivity index (χ3n) is 4.04. The Morgan fingerprint density at radius 2 is 2.16 bits per heavy atom. The van der Waals surface area contributed by atoms with Crippen molar-refractivity contribution in [2.45, 2.75) is 18.9 Å². The first-order chi connectivity index (χ1) is 9.26. The molecule has 1 unspecified atom stereocenters. The summed E-state index contributed by atoms with van der Waals surface area (Å²) in [6.45, 7) is 3.51. The number of hydrogen-bond acceptors (Lipinski definition) is 6. The van der Waals surface area contributed by atoms with Crippen molar-refractivity contribution in [1.29, 1.82) is 0 Å². The number of piperidine rings is 3. The van der Waals surface area contributed by atoms with Crippen LogP contribution in [0.2, 0.25) is 0 Å². The minimum Gasteiger partial charge on any atom is -0.464 e. The molecule has 6 heteroatoms. The van der Waals surface area contributed by atoms with Crippen LogP contribution in [0.4, 0.5) is 5.82 Å². The number of carbonyl (C=O) groups excluding carboxylic acids is 1. The molecule has 6 nitrogen and oxygen atoms in total. The van der Waals surface area contributed by atoms with Gasteiger partial charge in [0.25, 0.3) is 0 Å². The topological polar surface area (TPSA) is 67.3 Å². The molecule has 4 heterocycles. The molecule has 0 spiro atoms. The Kier molecular flexibility index (Phi) is 3.33. The number of anilines is 1. The molecule has 3 fully saturated rings.